The minimum atomic E-state index is -0.204. The number of nitrogens with zero attached hydrogens (tertiary/aromatic N) is 1. The molecule has 2 unspecified atom stereocenters. The van der Waals surface area contributed by atoms with Crippen molar-refractivity contribution in [3.8, 4) is 0 Å². The van der Waals surface area contributed by atoms with Gasteiger partial charge in [0.05, 0.1) is 11.7 Å². The van der Waals surface area contributed by atoms with Gasteiger partial charge in [0.1, 0.15) is 0 Å². The van der Waals surface area contributed by atoms with Crippen LogP contribution in [0.1, 0.15) is 38.9 Å². The average Bonchev–Trinajstić information content (AvgIpc) is 2.79. The second kappa shape index (κ2) is 6.27. The van der Waals surface area contributed by atoms with Crippen molar-refractivity contribution in [3.05, 3.63) is 18.0 Å². The van der Waals surface area contributed by atoms with Crippen molar-refractivity contribution in [2.45, 2.75) is 39.3 Å². The lowest BCUT2D eigenvalue weighted by Gasteiger charge is -2.18. The largest absolute Gasteiger partial charge is 0.355 e. The van der Waals surface area contributed by atoms with Crippen LogP contribution in [0.15, 0.2) is 12.3 Å². The molecule has 1 amide bonds. The summed E-state index contributed by atoms with van der Waals surface area (Å²) in [7, 11) is 0. The van der Waals surface area contributed by atoms with Gasteiger partial charge in [-0.1, -0.05) is 6.92 Å². The van der Waals surface area contributed by atoms with E-state index in [-0.39, 0.29) is 18.0 Å². The number of rotatable bonds is 6. The van der Waals surface area contributed by atoms with Gasteiger partial charge in [-0.3, -0.25) is 15.2 Å². The number of nitrogens with one attached hydrogen (secondary N) is 3. The van der Waals surface area contributed by atoms with Crippen LogP contribution in [-0.4, -0.2) is 28.7 Å². The zero-order valence-electron chi connectivity index (χ0n) is 10.1. The molecule has 0 aliphatic rings. The molecule has 0 fully saturated rings. The fraction of sp³-hybridized carbons (Fsp3) is 0.636. The van der Waals surface area contributed by atoms with E-state index >= 15 is 0 Å². The molecular weight excluding hydrogens is 204 g/mol. The molecule has 3 N–H and O–H groups in total. The van der Waals surface area contributed by atoms with Crippen molar-refractivity contribution < 1.29 is 4.79 Å². The lowest BCUT2D eigenvalue weighted by molar-refractivity contribution is -0.122. The Balaban J connectivity index is 2.38. The Hall–Kier alpha value is -1.36. The number of hydrogen-bond donors (Lipinski definition) is 3. The molecule has 1 heterocycles. The number of amides is 1. The third-order valence-electron chi connectivity index (χ3n) is 2.43. The SMILES string of the molecule is CCCNC(=O)C(C)NC(C)c1ccn[nH]1. The van der Waals surface area contributed by atoms with Gasteiger partial charge in [-0.2, -0.15) is 5.10 Å². The molecule has 5 nitrogen and oxygen atoms in total. The molecular formula is C11H20N4O. The van der Waals surface area contributed by atoms with Crippen LogP contribution in [0, 0.1) is 0 Å². The van der Waals surface area contributed by atoms with Crippen LogP contribution < -0.4 is 10.6 Å². The normalized spacial score (nSPS) is 14.4. The first-order valence-corrected chi connectivity index (χ1v) is 5.68. The first-order valence-electron chi connectivity index (χ1n) is 5.68. The third kappa shape index (κ3) is 3.66. The smallest absolute Gasteiger partial charge is 0.236 e. The zero-order valence-corrected chi connectivity index (χ0v) is 10.1. The highest BCUT2D eigenvalue weighted by Gasteiger charge is 2.15. The van der Waals surface area contributed by atoms with Gasteiger partial charge in [0, 0.05) is 18.8 Å². The first kappa shape index (κ1) is 12.7. The van der Waals surface area contributed by atoms with Crippen LogP contribution in [0.5, 0.6) is 0 Å². The maximum atomic E-state index is 11.6. The third-order valence-corrected chi connectivity index (χ3v) is 2.43. The van der Waals surface area contributed by atoms with Crippen molar-refractivity contribution in [2.24, 2.45) is 0 Å². The van der Waals surface area contributed by atoms with Crippen LogP contribution in [0.2, 0.25) is 0 Å². The summed E-state index contributed by atoms with van der Waals surface area (Å²) in [6.45, 7) is 6.61. The van der Waals surface area contributed by atoms with E-state index < -0.39 is 0 Å². The highest BCUT2D eigenvalue weighted by molar-refractivity contribution is 5.81. The molecule has 16 heavy (non-hydrogen) atoms. The van der Waals surface area contributed by atoms with Gasteiger partial charge in [0.25, 0.3) is 0 Å². The van der Waals surface area contributed by atoms with E-state index in [0.29, 0.717) is 0 Å². The van der Waals surface area contributed by atoms with Crippen LogP contribution in [-0.2, 0) is 4.79 Å². The number of H-pyrrole nitrogens is 1. The average molecular weight is 224 g/mol. The maximum absolute atomic E-state index is 11.6. The lowest BCUT2D eigenvalue weighted by atomic mass is 10.2. The molecule has 0 aromatic carbocycles. The van der Waals surface area contributed by atoms with Crippen molar-refractivity contribution >= 4 is 5.91 Å². The Bertz CT molecular complexity index is 310. The molecule has 0 saturated heterocycles. The summed E-state index contributed by atoms with van der Waals surface area (Å²) >= 11 is 0. The fourth-order valence-corrected chi connectivity index (χ4v) is 1.45. The molecule has 5 heteroatoms. The number of aromatic nitrogens is 2. The van der Waals surface area contributed by atoms with Gasteiger partial charge in [-0.05, 0) is 26.3 Å². The summed E-state index contributed by atoms with van der Waals surface area (Å²) in [5.74, 6) is 0.0354. The lowest BCUT2D eigenvalue weighted by Crippen LogP contribution is -2.43. The predicted molar refractivity (Wildman–Crippen MR) is 62.9 cm³/mol. The molecule has 0 aliphatic carbocycles. The second-order valence-corrected chi connectivity index (χ2v) is 3.91. The quantitative estimate of drug-likeness (QED) is 0.674. The van der Waals surface area contributed by atoms with E-state index in [4.69, 9.17) is 0 Å². The maximum Gasteiger partial charge on any atom is 0.236 e. The Labute approximate surface area is 96.0 Å². The van der Waals surface area contributed by atoms with Crippen LogP contribution in [0.25, 0.3) is 0 Å². The summed E-state index contributed by atoms with van der Waals surface area (Å²) in [4.78, 5) is 11.6. The second-order valence-electron chi connectivity index (χ2n) is 3.91. The summed E-state index contributed by atoms with van der Waals surface area (Å²) in [6, 6.07) is 1.78. The highest BCUT2D eigenvalue weighted by atomic mass is 16.2. The Morgan fingerprint density at radius 1 is 1.56 bits per heavy atom. The monoisotopic (exact) mass is 224 g/mol. The molecule has 0 radical (unpaired) electrons. The summed E-state index contributed by atoms with van der Waals surface area (Å²) in [5.41, 5.74) is 0.982. The molecule has 90 valence electrons. The number of carbonyl (C=O) groups is 1. The summed E-state index contributed by atoms with van der Waals surface area (Å²) in [6.07, 6.45) is 2.66. The Morgan fingerprint density at radius 3 is 2.88 bits per heavy atom. The van der Waals surface area contributed by atoms with Crippen LogP contribution in [0.3, 0.4) is 0 Å². The molecule has 0 spiro atoms. The van der Waals surface area contributed by atoms with Crippen LogP contribution >= 0.6 is 0 Å². The molecule has 2 atom stereocenters. The van der Waals surface area contributed by atoms with Gasteiger partial charge in [0.2, 0.25) is 5.91 Å². The van der Waals surface area contributed by atoms with E-state index in [1.165, 1.54) is 0 Å². The van der Waals surface area contributed by atoms with Gasteiger partial charge in [-0.25, -0.2) is 0 Å². The number of carbonyl (C=O) groups excluding carboxylic acids is 1. The predicted octanol–water partition coefficient (Wildman–Crippen LogP) is 0.975. The highest BCUT2D eigenvalue weighted by Crippen LogP contribution is 2.08. The van der Waals surface area contributed by atoms with Gasteiger partial charge in [-0.15, -0.1) is 0 Å². The van der Waals surface area contributed by atoms with E-state index in [2.05, 4.69) is 20.8 Å². The topological polar surface area (TPSA) is 69.8 Å². The minimum Gasteiger partial charge on any atom is -0.355 e. The summed E-state index contributed by atoms with van der Waals surface area (Å²) < 4.78 is 0. The van der Waals surface area contributed by atoms with E-state index in [9.17, 15) is 4.79 Å². The van der Waals surface area contributed by atoms with Crippen molar-refractivity contribution in [1.82, 2.24) is 20.8 Å². The molecule has 0 aliphatic heterocycles. The Kier molecular flexibility index (Phi) is 4.98. The number of aromatic amines is 1. The van der Waals surface area contributed by atoms with Crippen molar-refractivity contribution in [2.75, 3.05) is 6.54 Å². The molecule has 1 aromatic heterocycles. The van der Waals surface area contributed by atoms with E-state index in [0.717, 1.165) is 18.7 Å². The van der Waals surface area contributed by atoms with Crippen molar-refractivity contribution in [3.63, 3.8) is 0 Å². The van der Waals surface area contributed by atoms with Crippen molar-refractivity contribution in [1.29, 1.82) is 0 Å². The number of hydrogen-bond acceptors (Lipinski definition) is 3. The molecule has 1 rings (SSSR count). The van der Waals surface area contributed by atoms with Gasteiger partial charge < -0.3 is 5.32 Å². The molecule has 1 aromatic rings. The minimum absolute atomic E-state index is 0.0354. The zero-order chi connectivity index (χ0) is 12.0. The Morgan fingerprint density at radius 2 is 2.31 bits per heavy atom. The molecule has 0 bridgehead atoms. The van der Waals surface area contributed by atoms with Gasteiger partial charge in [0.15, 0.2) is 0 Å². The van der Waals surface area contributed by atoms with Gasteiger partial charge >= 0.3 is 0 Å². The fourth-order valence-electron chi connectivity index (χ4n) is 1.45. The molecule has 0 saturated carbocycles. The van der Waals surface area contributed by atoms with E-state index in [1.54, 1.807) is 6.20 Å². The van der Waals surface area contributed by atoms with E-state index in [1.807, 2.05) is 26.8 Å². The first-order chi connectivity index (χ1) is 7.65. The standard InChI is InChI=1S/C11H20N4O/c1-4-6-12-11(16)9(3)14-8(2)10-5-7-13-15-10/h5,7-9,14H,4,6H2,1-3H3,(H,12,16)(H,13,15). The van der Waals surface area contributed by atoms with Crippen LogP contribution in [0.4, 0.5) is 0 Å². The summed E-state index contributed by atoms with van der Waals surface area (Å²) in [5, 5.41) is 12.8.